The summed E-state index contributed by atoms with van der Waals surface area (Å²) in [5.74, 6) is 0.277. The molecule has 0 saturated carbocycles. The highest BCUT2D eigenvalue weighted by molar-refractivity contribution is 5.88. The van der Waals surface area contributed by atoms with Crippen LogP contribution in [0.1, 0.15) is 5.56 Å². The van der Waals surface area contributed by atoms with Gasteiger partial charge >= 0.3 is 6.03 Å². The van der Waals surface area contributed by atoms with Gasteiger partial charge in [0.05, 0.1) is 0 Å². The molecule has 7 heteroatoms. The smallest absolute Gasteiger partial charge is 0.320 e. The van der Waals surface area contributed by atoms with E-state index in [0.29, 0.717) is 25.5 Å². The number of benzene rings is 1. The summed E-state index contributed by atoms with van der Waals surface area (Å²) in [6.07, 6.45) is 1.76. The summed E-state index contributed by atoms with van der Waals surface area (Å²) < 4.78 is 14.4. The molecular weight excluding hydrogens is 285 g/mol. The molecule has 0 aliphatic carbocycles. The van der Waals surface area contributed by atoms with Crippen LogP contribution < -0.4 is 10.6 Å². The lowest BCUT2D eigenvalue weighted by molar-refractivity contribution is 0.249. The van der Waals surface area contributed by atoms with Gasteiger partial charge in [0.15, 0.2) is 5.82 Å². The van der Waals surface area contributed by atoms with E-state index in [0.717, 1.165) is 5.56 Å². The van der Waals surface area contributed by atoms with E-state index in [1.54, 1.807) is 36.1 Å². The third kappa shape index (κ3) is 5.17. The molecule has 2 aromatic rings. The highest BCUT2D eigenvalue weighted by Crippen LogP contribution is 2.05. The van der Waals surface area contributed by atoms with Crippen molar-refractivity contribution in [3.8, 4) is 0 Å². The van der Waals surface area contributed by atoms with Crippen molar-refractivity contribution in [3.05, 3.63) is 47.9 Å². The Labute approximate surface area is 128 Å². The van der Waals surface area contributed by atoms with E-state index in [4.69, 9.17) is 0 Å². The van der Waals surface area contributed by atoms with Gasteiger partial charge in [-0.25, -0.2) is 9.18 Å². The quantitative estimate of drug-likeness (QED) is 0.855. The summed E-state index contributed by atoms with van der Waals surface area (Å²) in [5.41, 5.74) is 1.03. The van der Waals surface area contributed by atoms with E-state index in [2.05, 4.69) is 15.7 Å². The molecule has 0 spiro atoms. The Hall–Kier alpha value is -2.41. The molecule has 1 aromatic heterocycles. The molecule has 0 fully saturated rings. The average molecular weight is 305 g/mol. The fourth-order valence-corrected chi connectivity index (χ4v) is 1.98. The van der Waals surface area contributed by atoms with Crippen LogP contribution in [0.5, 0.6) is 0 Å². The van der Waals surface area contributed by atoms with Gasteiger partial charge in [-0.15, -0.1) is 0 Å². The van der Waals surface area contributed by atoms with E-state index in [-0.39, 0.29) is 11.8 Å². The molecule has 0 saturated heterocycles. The normalized spacial score (nSPS) is 10.7. The van der Waals surface area contributed by atoms with Crippen molar-refractivity contribution in [2.75, 3.05) is 25.5 Å². The van der Waals surface area contributed by atoms with Crippen LogP contribution >= 0.6 is 0 Å². The lowest BCUT2D eigenvalue weighted by atomic mass is 10.2. The van der Waals surface area contributed by atoms with Gasteiger partial charge in [0, 0.05) is 38.9 Å². The van der Waals surface area contributed by atoms with Gasteiger partial charge in [-0.3, -0.25) is 10.00 Å². The number of nitrogens with one attached hydrogen (secondary N) is 2. The van der Waals surface area contributed by atoms with Crippen LogP contribution in [0.15, 0.2) is 36.5 Å². The van der Waals surface area contributed by atoms with Gasteiger partial charge in [0.25, 0.3) is 0 Å². The van der Waals surface area contributed by atoms with E-state index in [1.165, 1.54) is 12.1 Å². The summed E-state index contributed by atoms with van der Waals surface area (Å²) in [4.78, 5) is 13.7. The molecule has 2 amide bonds. The number of halogens is 1. The topological polar surface area (TPSA) is 62.2 Å². The Morgan fingerprint density at radius 3 is 2.68 bits per heavy atom. The molecule has 0 atom stereocenters. The zero-order chi connectivity index (χ0) is 15.9. The molecule has 0 unspecified atom stereocenters. The van der Waals surface area contributed by atoms with Crippen LogP contribution in [0.4, 0.5) is 15.0 Å². The molecule has 2 rings (SSSR count). The summed E-state index contributed by atoms with van der Waals surface area (Å²) in [6.45, 7) is 1.90. The molecule has 0 bridgehead atoms. The number of nitrogens with zero attached hydrogens (tertiary/aromatic N) is 3. The first-order chi connectivity index (χ1) is 10.5. The average Bonchev–Trinajstić information content (AvgIpc) is 2.86. The van der Waals surface area contributed by atoms with Gasteiger partial charge in [-0.2, -0.15) is 5.10 Å². The second-order valence-corrected chi connectivity index (χ2v) is 5.12. The molecule has 22 heavy (non-hydrogen) atoms. The molecule has 6 nitrogen and oxygen atoms in total. The molecular formula is C15H20FN5O. The minimum atomic E-state index is -0.283. The van der Waals surface area contributed by atoms with Gasteiger partial charge in [0.1, 0.15) is 5.82 Å². The van der Waals surface area contributed by atoms with Crippen LogP contribution in [0.25, 0.3) is 0 Å². The summed E-state index contributed by atoms with van der Waals surface area (Å²) >= 11 is 0. The third-order valence-electron chi connectivity index (χ3n) is 3.10. The second-order valence-electron chi connectivity index (χ2n) is 5.12. The van der Waals surface area contributed by atoms with Crippen molar-refractivity contribution >= 4 is 11.8 Å². The Morgan fingerprint density at radius 2 is 2.05 bits per heavy atom. The molecule has 2 N–H and O–H groups in total. The number of carbonyl (C=O) groups excluding carboxylic acids is 1. The van der Waals surface area contributed by atoms with Crippen LogP contribution in [0, 0.1) is 5.82 Å². The van der Waals surface area contributed by atoms with Gasteiger partial charge in [-0.05, 0) is 24.7 Å². The first-order valence-electron chi connectivity index (χ1n) is 7.00. The number of urea groups is 1. The van der Waals surface area contributed by atoms with Crippen LogP contribution in [0.2, 0.25) is 0 Å². The largest absolute Gasteiger partial charge is 0.337 e. The lowest BCUT2D eigenvalue weighted by Gasteiger charge is -2.17. The van der Waals surface area contributed by atoms with Gasteiger partial charge in [0.2, 0.25) is 0 Å². The Kier molecular flexibility index (Phi) is 5.48. The molecule has 1 aromatic carbocycles. The molecule has 1 heterocycles. The predicted octanol–water partition coefficient (Wildman–Crippen LogP) is 1.81. The predicted molar refractivity (Wildman–Crippen MR) is 83.0 cm³/mol. The van der Waals surface area contributed by atoms with Crippen molar-refractivity contribution in [1.82, 2.24) is 20.0 Å². The monoisotopic (exact) mass is 305 g/mol. The first kappa shape index (κ1) is 16.0. The van der Waals surface area contributed by atoms with Crippen LogP contribution in [-0.2, 0) is 13.6 Å². The zero-order valence-corrected chi connectivity index (χ0v) is 12.7. The van der Waals surface area contributed by atoms with E-state index in [9.17, 15) is 9.18 Å². The maximum absolute atomic E-state index is 12.8. The number of aromatic nitrogens is 2. The molecule has 0 aliphatic rings. The fraction of sp³-hybridized carbons (Fsp3) is 0.333. The maximum Gasteiger partial charge on any atom is 0.320 e. The Balaban J connectivity index is 1.67. The number of anilines is 1. The van der Waals surface area contributed by atoms with Crippen molar-refractivity contribution in [3.63, 3.8) is 0 Å². The maximum atomic E-state index is 12.8. The Morgan fingerprint density at radius 1 is 1.32 bits per heavy atom. The number of aryl methyl sites for hydroxylation is 1. The van der Waals surface area contributed by atoms with Crippen molar-refractivity contribution < 1.29 is 9.18 Å². The van der Waals surface area contributed by atoms with Crippen molar-refractivity contribution in [2.24, 2.45) is 7.05 Å². The van der Waals surface area contributed by atoms with Crippen LogP contribution in [0.3, 0.4) is 0 Å². The fourth-order valence-electron chi connectivity index (χ4n) is 1.98. The highest BCUT2D eigenvalue weighted by Gasteiger charge is 2.05. The number of hydrogen-bond donors (Lipinski definition) is 2. The van der Waals surface area contributed by atoms with Gasteiger partial charge < -0.3 is 10.2 Å². The standard InChI is InChI=1S/C15H20FN5O/c1-20(11-12-3-5-13(16)6-4-12)10-8-17-15(22)18-14-7-9-21(2)19-14/h3-7,9H,8,10-11H2,1-2H3,(H2,17,18,19,22). The Bertz CT molecular complexity index is 611. The number of hydrogen-bond acceptors (Lipinski definition) is 3. The van der Waals surface area contributed by atoms with E-state index >= 15 is 0 Å². The van der Waals surface area contributed by atoms with E-state index in [1.807, 2.05) is 11.9 Å². The second kappa shape index (κ2) is 7.56. The number of carbonyl (C=O) groups is 1. The van der Waals surface area contributed by atoms with E-state index < -0.39 is 0 Å². The number of rotatable bonds is 6. The zero-order valence-electron chi connectivity index (χ0n) is 12.7. The molecule has 0 radical (unpaired) electrons. The number of likely N-dealkylation sites (N-methyl/N-ethyl adjacent to an activating group) is 1. The lowest BCUT2D eigenvalue weighted by Crippen LogP contribution is -2.35. The molecule has 118 valence electrons. The van der Waals surface area contributed by atoms with Gasteiger partial charge in [-0.1, -0.05) is 12.1 Å². The first-order valence-corrected chi connectivity index (χ1v) is 7.00. The minimum Gasteiger partial charge on any atom is -0.337 e. The summed E-state index contributed by atoms with van der Waals surface area (Å²) in [5, 5.41) is 9.48. The summed E-state index contributed by atoms with van der Waals surface area (Å²) in [6, 6.07) is 7.85. The SMILES string of the molecule is CN(CCNC(=O)Nc1ccn(C)n1)Cc1ccc(F)cc1. The minimum absolute atomic E-state index is 0.237. The number of amides is 2. The van der Waals surface area contributed by atoms with Crippen LogP contribution in [-0.4, -0.2) is 40.8 Å². The summed E-state index contributed by atoms with van der Waals surface area (Å²) in [7, 11) is 3.73. The molecule has 0 aliphatic heterocycles. The highest BCUT2D eigenvalue weighted by atomic mass is 19.1. The third-order valence-corrected chi connectivity index (χ3v) is 3.10. The van der Waals surface area contributed by atoms with Crippen molar-refractivity contribution in [1.29, 1.82) is 0 Å². The van der Waals surface area contributed by atoms with Crippen molar-refractivity contribution in [2.45, 2.75) is 6.54 Å².